The van der Waals surface area contributed by atoms with Gasteiger partial charge in [0.2, 0.25) is 0 Å². The lowest BCUT2D eigenvalue weighted by molar-refractivity contribution is -0.150. The minimum absolute atomic E-state index is 0.401. The molecule has 0 unspecified atom stereocenters. The predicted molar refractivity (Wildman–Crippen MR) is 94.1 cm³/mol. The number of ether oxygens (including phenoxy) is 1. The van der Waals surface area contributed by atoms with Crippen molar-refractivity contribution in [3.05, 3.63) is 29.8 Å². The van der Waals surface area contributed by atoms with E-state index in [0.29, 0.717) is 6.42 Å². The highest BCUT2D eigenvalue weighted by Gasteiger charge is 2.47. The zero-order valence-corrected chi connectivity index (χ0v) is 15.5. The lowest BCUT2D eigenvalue weighted by atomic mass is 9.95. The Kier molecular flexibility index (Phi) is 6.66. The van der Waals surface area contributed by atoms with Crippen LogP contribution in [0.1, 0.15) is 33.1 Å². The zero-order chi connectivity index (χ0) is 20.9. The topological polar surface area (TPSA) is 105 Å². The van der Waals surface area contributed by atoms with Gasteiger partial charge in [-0.2, -0.15) is 0 Å². The monoisotopic (exact) mass is 397 g/mol. The minimum Gasteiger partial charge on any atom is -0.454 e. The summed E-state index contributed by atoms with van der Waals surface area (Å²) in [5.74, 6) is -4.04. The molecule has 0 aromatic heterocycles. The van der Waals surface area contributed by atoms with Crippen molar-refractivity contribution in [2.45, 2.75) is 38.6 Å². The van der Waals surface area contributed by atoms with E-state index in [2.05, 4.69) is 10.6 Å². The molecule has 0 radical (unpaired) electrons. The number of urea groups is 1. The van der Waals surface area contributed by atoms with Crippen molar-refractivity contribution >= 4 is 29.5 Å². The van der Waals surface area contributed by atoms with Gasteiger partial charge in [0, 0.05) is 6.07 Å². The SMILES string of the molecule is CCCC[C@]1(C)NC(=O)N(CC(=O)OCC(=O)Nc2cc(F)ccc2F)C1=O. The first-order chi connectivity index (χ1) is 13.2. The van der Waals surface area contributed by atoms with Crippen LogP contribution in [-0.2, 0) is 19.1 Å². The fourth-order valence-electron chi connectivity index (χ4n) is 2.69. The molecule has 1 aliphatic heterocycles. The highest BCUT2D eigenvalue weighted by Crippen LogP contribution is 2.23. The molecule has 1 aromatic rings. The van der Waals surface area contributed by atoms with Gasteiger partial charge in [-0.3, -0.25) is 19.3 Å². The van der Waals surface area contributed by atoms with Crippen LogP contribution in [0.15, 0.2) is 18.2 Å². The molecule has 1 heterocycles. The van der Waals surface area contributed by atoms with Gasteiger partial charge < -0.3 is 15.4 Å². The summed E-state index contributed by atoms with van der Waals surface area (Å²) in [5, 5.41) is 4.62. The number of unbranched alkanes of at least 4 members (excludes halogenated alkanes) is 1. The number of imide groups is 1. The Hall–Kier alpha value is -3.04. The van der Waals surface area contributed by atoms with Gasteiger partial charge in [-0.15, -0.1) is 0 Å². The normalized spacial score (nSPS) is 18.8. The van der Waals surface area contributed by atoms with E-state index in [1.54, 1.807) is 6.92 Å². The summed E-state index contributed by atoms with van der Waals surface area (Å²) in [6, 6.07) is 1.79. The van der Waals surface area contributed by atoms with Gasteiger partial charge in [0.15, 0.2) is 6.61 Å². The minimum atomic E-state index is -1.08. The maximum absolute atomic E-state index is 13.5. The quantitative estimate of drug-likeness (QED) is 0.515. The molecule has 0 bridgehead atoms. The maximum Gasteiger partial charge on any atom is 0.326 e. The van der Waals surface area contributed by atoms with E-state index < -0.39 is 59.8 Å². The molecule has 28 heavy (non-hydrogen) atoms. The summed E-state index contributed by atoms with van der Waals surface area (Å²) >= 11 is 0. The highest BCUT2D eigenvalue weighted by atomic mass is 19.1. The largest absolute Gasteiger partial charge is 0.454 e. The van der Waals surface area contributed by atoms with Crippen molar-refractivity contribution in [3.8, 4) is 0 Å². The van der Waals surface area contributed by atoms with E-state index >= 15 is 0 Å². The molecule has 10 heteroatoms. The Morgan fingerprint density at radius 1 is 1.29 bits per heavy atom. The first kappa shape index (κ1) is 21.3. The molecule has 1 saturated heterocycles. The second-order valence-electron chi connectivity index (χ2n) is 6.59. The third kappa shape index (κ3) is 5.02. The average Bonchev–Trinajstić information content (AvgIpc) is 2.85. The zero-order valence-electron chi connectivity index (χ0n) is 15.5. The Morgan fingerprint density at radius 3 is 2.68 bits per heavy atom. The number of nitrogens with one attached hydrogen (secondary N) is 2. The van der Waals surface area contributed by atoms with Crippen LogP contribution in [0.3, 0.4) is 0 Å². The molecular formula is C18H21F2N3O5. The van der Waals surface area contributed by atoms with E-state index in [0.717, 1.165) is 35.9 Å². The lowest BCUT2D eigenvalue weighted by Gasteiger charge is -2.21. The van der Waals surface area contributed by atoms with Gasteiger partial charge in [-0.05, 0) is 25.5 Å². The van der Waals surface area contributed by atoms with Crippen molar-refractivity contribution < 1.29 is 32.7 Å². The number of anilines is 1. The number of halogens is 2. The average molecular weight is 397 g/mol. The lowest BCUT2D eigenvalue weighted by Crippen LogP contribution is -2.44. The fraction of sp³-hybridized carbons (Fsp3) is 0.444. The van der Waals surface area contributed by atoms with Gasteiger partial charge in [0.25, 0.3) is 11.8 Å². The smallest absolute Gasteiger partial charge is 0.326 e. The number of benzene rings is 1. The van der Waals surface area contributed by atoms with Crippen molar-refractivity contribution in [2.24, 2.45) is 0 Å². The van der Waals surface area contributed by atoms with E-state index in [9.17, 15) is 28.0 Å². The number of hydrogen-bond donors (Lipinski definition) is 2. The first-order valence-corrected chi connectivity index (χ1v) is 8.71. The van der Waals surface area contributed by atoms with Crippen LogP contribution < -0.4 is 10.6 Å². The van der Waals surface area contributed by atoms with Crippen molar-refractivity contribution in [2.75, 3.05) is 18.5 Å². The van der Waals surface area contributed by atoms with Gasteiger partial charge in [0.05, 0.1) is 5.69 Å². The second kappa shape index (κ2) is 8.77. The molecule has 1 aliphatic rings. The van der Waals surface area contributed by atoms with Crippen molar-refractivity contribution in [1.29, 1.82) is 0 Å². The number of carbonyl (C=O) groups excluding carboxylic acids is 4. The standard InChI is InChI=1S/C18H21F2N3O5/c1-3-4-7-18(2)16(26)23(17(27)22-18)9-15(25)28-10-14(24)21-13-8-11(19)5-6-12(13)20/h5-6,8H,3-4,7,9-10H2,1-2H3,(H,21,24)(H,22,27)/t18-/m0/s1. The molecule has 0 saturated carbocycles. The molecule has 8 nitrogen and oxygen atoms in total. The Labute approximate surface area is 160 Å². The molecule has 2 rings (SSSR count). The molecule has 1 aromatic carbocycles. The molecule has 0 spiro atoms. The third-order valence-electron chi connectivity index (χ3n) is 4.23. The number of hydrogen-bond acceptors (Lipinski definition) is 5. The summed E-state index contributed by atoms with van der Waals surface area (Å²) in [4.78, 5) is 48.7. The molecule has 1 fully saturated rings. The molecule has 4 amide bonds. The van der Waals surface area contributed by atoms with E-state index in [1.165, 1.54) is 0 Å². The number of rotatable bonds is 8. The van der Waals surface area contributed by atoms with Crippen LogP contribution in [0.5, 0.6) is 0 Å². The van der Waals surface area contributed by atoms with Gasteiger partial charge >= 0.3 is 12.0 Å². The summed E-state index contributed by atoms with van der Waals surface area (Å²) in [6.45, 7) is 2.08. The predicted octanol–water partition coefficient (Wildman–Crippen LogP) is 1.95. The Balaban J connectivity index is 1.86. The summed E-state index contributed by atoms with van der Waals surface area (Å²) in [7, 11) is 0. The van der Waals surface area contributed by atoms with E-state index in [-0.39, 0.29) is 0 Å². The Morgan fingerprint density at radius 2 is 2.00 bits per heavy atom. The van der Waals surface area contributed by atoms with Crippen LogP contribution in [0, 0.1) is 11.6 Å². The van der Waals surface area contributed by atoms with Crippen LogP contribution in [0.2, 0.25) is 0 Å². The number of amides is 4. The third-order valence-corrected chi connectivity index (χ3v) is 4.23. The fourth-order valence-corrected chi connectivity index (χ4v) is 2.69. The van der Waals surface area contributed by atoms with E-state index in [1.807, 2.05) is 6.92 Å². The number of nitrogens with zero attached hydrogens (tertiary/aromatic N) is 1. The van der Waals surface area contributed by atoms with Crippen LogP contribution in [0.25, 0.3) is 0 Å². The molecular weight excluding hydrogens is 376 g/mol. The van der Waals surface area contributed by atoms with Crippen LogP contribution >= 0.6 is 0 Å². The van der Waals surface area contributed by atoms with Crippen LogP contribution in [-0.4, -0.2) is 47.4 Å². The molecule has 152 valence electrons. The first-order valence-electron chi connectivity index (χ1n) is 8.71. The highest BCUT2D eigenvalue weighted by molar-refractivity contribution is 6.08. The number of esters is 1. The molecule has 1 atom stereocenters. The van der Waals surface area contributed by atoms with Gasteiger partial charge in [-0.1, -0.05) is 19.8 Å². The summed E-state index contributed by atoms with van der Waals surface area (Å²) < 4.78 is 31.3. The van der Waals surface area contributed by atoms with Crippen molar-refractivity contribution in [3.63, 3.8) is 0 Å². The molecule has 0 aliphatic carbocycles. The van der Waals surface area contributed by atoms with Gasteiger partial charge in [0.1, 0.15) is 23.7 Å². The molecule has 2 N–H and O–H groups in total. The Bertz CT molecular complexity index is 801. The van der Waals surface area contributed by atoms with E-state index in [4.69, 9.17) is 4.74 Å². The summed E-state index contributed by atoms with van der Waals surface area (Å²) in [5.41, 5.74) is -1.48. The van der Waals surface area contributed by atoms with Crippen LogP contribution in [0.4, 0.5) is 19.3 Å². The summed E-state index contributed by atoms with van der Waals surface area (Å²) in [6.07, 6.45) is 1.99. The van der Waals surface area contributed by atoms with Crippen molar-refractivity contribution in [1.82, 2.24) is 10.2 Å². The van der Waals surface area contributed by atoms with Gasteiger partial charge in [-0.25, -0.2) is 13.6 Å². The maximum atomic E-state index is 13.5. The second-order valence-corrected chi connectivity index (χ2v) is 6.59. The number of carbonyl (C=O) groups is 4.